The average Bonchev–Trinajstić information content (AvgIpc) is 3.78. The maximum atomic E-state index is 2.51. The van der Waals surface area contributed by atoms with E-state index in [0.29, 0.717) is 5.92 Å². The third-order valence-corrected chi connectivity index (χ3v) is 11.5. The van der Waals surface area contributed by atoms with Crippen LogP contribution in [-0.4, -0.2) is 0 Å². The van der Waals surface area contributed by atoms with Gasteiger partial charge in [0.1, 0.15) is 0 Å². The maximum Gasteiger partial charge on any atom is 0.0720 e. The van der Waals surface area contributed by atoms with E-state index < -0.39 is 0 Å². The Kier molecular flexibility index (Phi) is 4.51. The molecule has 5 aromatic carbocycles. The molecule has 0 amide bonds. The van der Waals surface area contributed by atoms with Gasteiger partial charge < -0.3 is 4.90 Å². The number of hydrogen-bond acceptors (Lipinski definition) is 2. The van der Waals surface area contributed by atoms with Crippen LogP contribution in [0.2, 0.25) is 0 Å². The summed E-state index contributed by atoms with van der Waals surface area (Å²) in [5.41, 5.74) is 16.1. The molecule has 2 atom stereocenters. The molecule has 10 rings (SSSR count). The van der Waals surface area contributed by atoms with Gasteiger partial charge in [-0.05, 0) is 74.9 Å². The van der Waals surface area contributed by atoms with Gasteiger partial charge in [0.15, 0.2) is 0 Å². The highest BCUT2D eigenvalue weighted by molar-refractivity contribution is 7.99. The van der Waals surface area contributed by atoms with Crippen LogP contribution in [0.3, 0.4) is 0 Å². The van der Waals surface area contributed by atoms with Crippen LogP contribution in [0.1, 0.15) is 36.1 Å². The third-order valence-electron chi connectivity index (χ3n) is 10.4. The first-order valence-corrected chi connectivity index (χ1v) is 16.1. The second-order valence-corrected chi connectivity index (χ2v) is 13.9. The first-order valence-electron chi connectivity index (χ1n) is 15.2. The molecule has 5 aromatic rings. The SMILES string of the molecule is CC1(C)C2=C(C=C[C@H]3C=C23)C2(c3ccccc3-c3c(N4c5ccccc5Sc5ccccc54)cccc32)c2ccccc21. The lowest BCUT2D eigenvalue weighted by Gasteiger charge is -2.48. The molecule has 4 aliphatic carbocycles. The highest BCUT2D eigenvalue weighted by atomic mass is 32.2. The van der Waals surface area contributed by atoms with Crippen LogP contribution in [0.4, 0.5) is 17.1 Å². The minimum atomic E-state index is -0.377. The smallest absolute Gasteiger partial charge is 0.0720 e. The Balaban J connectivity index is 1.35. The lowest BCUT2D eigenvalue weighted by atomic mass is 9.54. The Labute approximate surface area is 256 Å². The van der Waals surface area contributed by atoms with Gasteiger partial charge in [-0.3, -0.25) is 0 Å². The number of anilines is 3. The number of fused-ring (bicyclic) bond motifs is 12. The second-order valence-electron chi connectivity index (χ2n) is 12.8. The maximum absolute atomic E-state index is 2.51. The van der Waals surface area contributed by atoms with E-state index in [-0.39, 0.29) is 10.8 Å². The average molecular weight is 568 g/mol. The third kappa shape index (κ3) is 2.86. The molecule has 204 valence electrons. The van der Waals surface area contributed by atoms with Crippen LogP contribution >= 0.6 is 11.8 Å². The largest absolute Gasteiger partial charge is 0.308 e. The zero-order valence-electron chi connectivity index (χ0n) is 24.1. The van der Waals surface area contributed by atoms with E-state index in [1.165, 1.54) is 77.0 Å². The molecule has 0 bridgehead atoms. The highest BCUT2D eigenvalue weighted by Gasteiger charge is 2.57. The number of allylic oxidation sites excluding steroid dienone is 6. The second kappa shape index (κ2) is 8.09. The number of para-hydroxylation sites is 2. The van der Waals surface area contributed by atoms with Crippen molar-refractivity contribution in [1.29, 1.82) is 0 Å². The van der Waals surface area contributed by atoms with E-state index >= 15 is 0 Å². The fourth-order valence-electron chi connectivity index (χ4n) is 8.68. The zero-order chi connectivity index (χ0) is 28.5. The van der Waals surface area contributed by atoms with Gasteiger partial charge in [-0.15, -0.1) is 0 Å². The van der Waals surface area contributed by atoms with Gasteiger partial charge in [0.25, 0.3) is 0 Å². The molecular weight excluding hydrogens is 539 g/mol. The van der Waals surface area contributed by atoms with E-state index in [1.54, 1.807) is 0 Å². The van der Waals surface area contributed by atoms with E-state index in [4.69, 9.17) is 0 Å². The molecule has 43 heavy (non-hydrogen) atoms. The predicted molar refractivity (Wildman–Crippen MR) is 178 cm³/mol. The Hall–Kier alpha value is -4.53. The zero-order valence-corrected chi connectivity index (χ0v) is 25.0. The summed E-state index contributed by atoms with van der Waals surface area (Å²) in [6.45, 7) is 4.86. The first-order chi connectivity index (χ1) is 21.1. The fraction of sp³-hybridized carbons (Fsp3) is 0.122. The fourth-order valence-corrected chi connectivity index (χ4v) is 9.74. The topological polar surface area (TPSA) is 3.24 Å². The summed E-state index contributed by atoms with van der Waals surface area (Å²) in [7, 11) is 0. The van der Waals surface area contributed by atoms with Crippen molar-refractivity contribution in [3.05, 3.63) is 172 Å². The molecule has 2 heteroatoms. The molecule has 0 saturated heterocycles. The highest BCUT2D eigenvalue weighted by Crippen LogP contribution is 2.67. The van der Waals surface area contributed by atoms with Crippen LogP contribution in [0.15, 0.2) is 160 Å². The van der Waals surface area contributed by atoms with Crippen molar-refractivity contribution < 1.29 is 0 Å². The van der Waals surface area contributed by atoms with Crippen molar-refractivity contribution in [1.82, 2.24) is 0 Å². The van der Waals surface area contributed by atoms with Crippen LogP contribution in [-0.2, 0) is 10.8 Å². The minimum Gasteiger partial charge on any atom is -0.308 e. The van der Waals surface area contributed by atoms with Gasteiger partial charge in [0.2, 0.25) is 0 Å². The minimum absolute atomic E-state index is 0.0696. The quantitative estimate of drug-likeness (QED) is 0.194. The van der Waals surface area contributed by atoms with Crippen LogP contribution in [0.5, 0.6) is 0 Å². The molecule has 0 N–H and O–H groups in total. The Morgan fingerprint density at radius 3 is 1.98 bits per heavy atom. The van der Waals surface area contributed by atoms with Crippen LogP contribution in [0, 0.1) is 5.92 Å². The van der Waals surface area contributed by atoms with Crippen molar-refractivity contribution in [3.63, 3.8) is 0 Å². The molecule has 0 saturated carbocycles. The summed E-state index contributed by atoms with van der Waals surface area (Å²) in [6.07, 6.45) is 7.36. The molecule has 1 unspecified atom stereocenters. The van der Waals surface area contributed by atoms with Crippen molar-refractivity contribution in [2.75, 3.05) is 4.90 Å². The van der Waals surface area contributed by atoms with Gasteiger partial charge in [0, 0.05) is 26.7 Å². The number of nitrogens with zero attached hydrogens (tertiary/aromatic N) is 1. The molecule has 1 nitrogen and oxygen atoms in total. The summed E-state index contributed by atoms with van der Waals surface area (Å²) >= 11 is 1.87. The lowest BCUT2D eigenvalue weighted by Crippen LogP contribution is -2.41. The molecular formula is C41H29NS. The predicted octanol–water partition coefficient (Wildman–Crippen LogP) is 10.6. The Morgan fingerprint density at radius 2 is 1.21 bits per heavy atom. The summed E-state index contributed by atoms with van der Waals surface area (Å²) in [5.74, 6) is 0.488. The normalized spacial score (nSPS) is 22.5. The summed E-state index contributed by atoms with van der Waals surface area (Å²) in [5, 5.41) is 0. The monoisotopic (exact) mass is 567 g/mol. The van der Waals surface area contributed by atoms with Gasteiger partial charge >= 0.3 is 0 Å². The van der Waals surface area contributed by atoms with Crippen molar-refractivity contribution in [3.8, 4) is 11.1 Å². The van der Waals surface area contributed by atoms with Gasteiger partial charge in [0.05, 0.1) is 22.5 Å². The number of hydrogen-bond donors (Lipinski definition) is 0. The number of benzene rings is 5. The molecule has 1 heterocycles. The molecule has 0 aromatic heterocycles. The molecule has 0 fully saturated rings. The lowest BCUT2D eigenvalue weighted by molar-refractivity contribution is 0.556. The summed E-state index contributed by atoms with van der Waals surface area (Å²) in [4.78, 5) is 5.09. The van der Waals surface area contributed by atoms with E-state index in [0.717, 1.165) is 0 Å². The van der Waals surface area contributed by atoms with Crippen molar-refractivity contribution >= 4 is 28.8 Å². The molecule has 5 aliphatic rings. The molecule has 1 spiro atoms. The van der Waals surface area contributed by atoms with Gasteiger partial charge in [-0.2, -0.15) is 0 Å². The number of rotatable bonds is 1. The first kappa shape index (κ1) is 24.0. The molecule has 1 aliphatic heterocycles. The van der Waals surface area contributed by atoms with Crippen LogP contribution in [0.25, 0.3) is 11.1 Å². The van der Waals surface area contributed by atoms with E-state index in [9.17, 15) is 0 Å². The van der Waals surface area contributed by atoms with Gasteiger partial charge in [-0.1, -0.05) is 129 Å². The van der Waals surface area contributed by atoms with E-state index in [1.807, 2.05) is 11.8 Å². The summed E-state index contributed by atoms with van der Waals surface area (Å²) < 4.78 is 0. The Morgan fingerprint density at radius 1 is 0.605 bits per heavy atom. The van der Waals surface area contributed by atoms with Crippen molar-refractivity contribution in [2.45, 2.75) is 34.5 Å². The Bertz CT molecular complexity index is 2120. The molecule has 0 radical (unpaired) electrons. The standard InChI is InChI=1S/C41H29NS/c1-40(2)29-14-5-6-15-30(29)41(32-23-22-25-24-27(25)39(32)40)28-13-4-3-12-26(28)38-31(41)16-11-19-35(38)42-33-17-7-9-20-36(33)43-37-21-10-8-18-34(37)42/h3-25H,1-2H3/t25-,41?/m0/s1. The van der Waals surface area contributed by atoms with Crippen molar-refractivity contribution in [2.24, 2.45) is 5.92 Å². The summed E-state index contributed by atoms with van der Waals surface area (Å²) in [6, 6.07) is 43.2. The van der Waals surface area contributed by atoms with Crippen LogP contribution < -0.4 is 4.90 Å². The van der Waals surface area contributed by atoms with Gasteiger partial charge in [-0.25, -0.2) is 0 Å². The van der Waals surface area contributed by atoms with E-state index in [2.05, 4.69) is 152 Å².